The average molecular weight is 380 g/mol. The van der Waals surface area contributed by atoms with Gasteiger partial charge in [0.15, 0.2) is 0 Å². The Hall–Kier alpha value is -2.90. The topological polar surface area (TPSA) is 79.1 Å². The van der Waals surface area contributed by atoms with E-state index >= 15 is 0 Å². The lowest BCUT2D eigenvalue weighted by atomic mass is 10.1. The monoisotopic (exact) mass is 380 g/mol. The van der Waals surface area contributed by atoms with Crippen LogP contribution in [-0.2, 0) is 4.74 Å². The number of aromatic nitrogens is 2. The normalized spacial score (nSPS) is 19.8. The zero-order chi connectivity index (χ0) is 19.7. The first-order valence-electron chi connectivity index (χ1n) is 9.41. The van der Waals surface area contributed by atoms with Crippen molar-refractivity contribution in [1.29, 1.82) is 0 Å². The quantitative estimate of drug-likeness (QED) is 0.732. The molecule has 0 spiro atoms. The summed E-state index contributed by atoms with van der Waals surface area (Å²) in [6, 6.07) is 13.4. The summed E-state index contributed by atoms with van der Waals surface area (Å²) >= 11 is 0. The molecule has 2 N–H and O–H groups in total. The van der Waals surface area contributed by atoms with Crippen molar-refractivity contribution in [3.05, 3.63) is 54.2 Å². The summed E-state index contributed by atoms with van der Waals surface area (Å²) in [5.41, 5.74) is 3.49. The molecule has 1 saturated heterocycles. The van der Waals surface area contributed by atoms with E-state index in [1.165, 1.54) is 0 Å². The van der Waals surface area contributed by atoms with E-state index < -0.39 is 0 Å². The Morgan fingerprint density at radius 3 is 2.82 bits per heavy atom. The molecular formula is C21H24N4O3. The van der Waals surface area contributed by atoms with E-state index in [1.54, 1.807) is 4.90 Å². The zero-order valence-electron chi connectivity index (χ0n) is 16.0. The summed E-state index contributed by atoms with van der Waals surface area (Å²) in [6.07, 6.45) is 1.54. The predicted molar refractivity (Wildman–Crippen MR) is 107 cm³/mol. The maximum atomic E-state index is 13.1. The van der Waals surface area contributed by atoms with Crippen molar-refractivity contribution < 1.29 is 14.6 Å². The molecule has 2 atom stereocenters. The largest absolute Gasteiger partial charge is 0.394 e. The Labute approximate surface area is 163 Å². The summed E-state index contributed by atoms with van der Waals surface area (Å²) in [4.78, 5) is 19.6. The van der Waals surface area contributed by atoms with E-state index in [1.807, 2.05) is 66.9 Å². The van der Waals surface area contributed by atoms with Crippen molar-refractivity contribution in [3.63, 3.8) is 0 Å². The lowest BCUT2D eigenvalue weighted by Gasteiger charge is -2.37. The molecule has 28 heavy (non-hydrogen) atoms. The van der Waals surface area contributed by atoms with Gasteiger partial charge in [-0.05, 0) is 25.5 Å². The Morgan fingerprint density at radius 2 is 2.07 bits per heavy atom. The van der Waals surface area contributed by atoms with Crippen LogP contribution >= 0.6 is 0 Å². The van der Waals surface area contributed by atoms with Crippen LogP contribution in [0, 0.1) is 6.92 Å². The molecule has 2 aromatic heterocycles. The molecule has 7 nitrogen and oxygen atoms in total. The highest BCUT2D eigenvalue weighted by Crippen LogP contribution is 2.30. The van der Waals surface area contributed by atoms with Gasteiger partial charge in [-0.15, -0.1) is 0 Å². The molecule has 2 unspecified atom stereocenters. The highest BCUT2D eigenvalue weighted by molar-refractivity contribution is 5.94. The zero-order valence-corrected chi connectivity index (χ0v) is 16.0. The van der Waals surface area contributed by atoms with Gasteiger partial charge in [0.05, 0.1) is 31.9 Å². The third-order valence-electron chi connectivity index (χ3n) is 5.09. The van der Waals surface area contributed by atoms with E-state index in [4.69, 9.17) is 9.72 Å². The number of carbonyl (C=O) groups excluding carboxylic acids is 1. The number of rotatable bonds is 3. The lowest BCUT2D eigenvalue weighted by molar-refractivity contribution is -0.0612. The van der Waals surface area contributed by atoms with Gasteiger partial charge in [-0.25, -0.2) is 9.78 Å². The summed E-state index contributed by atoms with van der Waals surface area (Å²) in [5.74, 6) is 0.633. The SMILES string of the molecule is Cc1cccn2c(NC(=O)N3CC(CO)OCC3C)c(-c3ccccc3)nc12. The predicted octanol–water partition coefficient (Wildman–Crippen LogP) is 2.92. The van der Waals surface area contributed by atoms with Gasteiger partial charge in [-0.2, -0.15) is 0 Å². The van der Waals surface area contributed by atoms with E-state index in [0.29, 0.717) is 19.0 Å². The molecule has 0 bridgehead atoms. The van der Waals surface area contributed by atoms with Crippen molar-refractivity contribution in [2.24, 2.45) is 0 Å². The molecule has 0 saturated carbocycles. The fraction of sp³-hybridized carbons (Fsp3) is 0.333. The number of aliphatic hydroxyl groups is 1. The number of nitrogens with one attached hydrogen (secondary N) is 1. The number of morpholine rings is 1. The minimum Gasteiger partial charge on any atom is -0.394 e. The molecule has 1 fully saturated rings. The van der Waals surface area contributed by atoms with E-state index in [2.05, 4.69) is 5.32 Å². The molecule has 1 aromatic carbocycles. The van der Waals surface area contributed by atoms with Gasteiger partial charge in [-0.1, -0.05) is 36.4 Å². The molecule has 2 amide bonds. The number of nitrogens with zero attached hydrogens (tertiary/aromatic N) is 3. The molecule has 7 heteroatoms. The number of hydrogen-bond donors (Lipinski definition) is 2. The van der Waals surface area contributed by atoms with Gasteiger partial charge in [0, 0.05) is 11.8 Å². The second-order valence-electron chi connectivity index (χ2n) is 7.13. The number of hydrogen-bond acceptors (Lipinski definition) is 4. The second-order valence-corrected chi connectivity index (χ2v) is 7.13. The van der Waals surface area contributed by atoms with Crippen LogP contribution in [0.15, 0.2) is 48.7 Å². The number of anilines is 1. The molecule has 3 heterocycles. The maximum Gasteiger partial charge on any atom is 0.323 e. The van der Waals surface area contributed by atoms with Crippen LogP contribution in [0.1, 0.15) is 12.5 Å². The fourth-order valence-corrected chi connectivity index (χ4v) is 3.50. The van der Waals surface area contributed by atoms with Crippen LogP contribution in [0.5, 0.6) is 0 Å². The van der Waals surface area contributed by atoms with Gasteiger partial charge < -0.3 is 14.7 Å². The number of carbonyl (C=O) groups is 1. The van der Waals surface area contributed by atoms with E-state index in [0.717, 1.165) is 22.5 Å². The van der Waals surface area contributed by atoms with Crippen molar-refractivity contribution in [2.45, 2.75) is 26.0 Å². The number of amides is 2. The van der Waals surface area contributed by atoms with Crippen LogP contribution in [0.3, 0.4) is 0 Å². The number of pyridine rings is 1. The number of imidazole rings is 1. The summed E-state index contributed by atoms with van der Waals surface area (Å²) in [5, 5.41) is 12.5. The smallest absolute Gasteiger partial charge is 0.323 e. The van der Waals surface area contributed by atoms with Gasteiger partial charge in [0.25, 0.3) is 0 Å². The average Bonchev–Trinajstić information content (AvgIpc) is 3.09. The highest BCUT2D eigenvalue weighted by atomic mass is 16.5. The van der Waals surface area contributed by atoms with Crippen LogP contribution < -0.4 is 5.32 Å². The molecule has 0 aliphatic carbocycles. The van der Waals surface area contributed by atoms with Crippen LogP contribution in [-0.4, -0.2) is 57.3 Å². The van der Waals surface area contributed by atoms with Crippen molar-refractivity contribution in [1.82, 2.24) is 14.3 Å². The molecular weight excluding hydrogens is 356 g/mol. The minimum absolute atomic E-state index is 0.0797. The van der Waals surface area contributed by atoms with Gasteiger partial charge in [-0.3, -0.25) is 9.72 Å². The molecule has 1 aliphatic heterocycles. The third-order valence-corrected chi connectivity index (χ3v) is 5.09. The Morgan fingerprint density at radius 1 is 1.29 bits per heavy atom. The van der Waals surface area contributed by atoms with Crippen molar-refractivity contribution in [2.75, 3.05) is 25.1 Å². The third kappa shape index (κ3) is 3.34. The van der Waals surface area contributed by atoms with Crippen LogP contribution in [0.4, 0.5) is 10.6 Å². The van der Waals surface area contributed by atoms with Crippen LogP contribution in [0.25, 0.3) is 16.9 Å². The number of urea groups is 1. The van der Waals surface area contributed by atoms with E-state index in [-0.39, 0.29) is 24.8 Å². The summed E-state index contributed by atoms with van der Waals surface area (Å²) in [7, 11) is 0. The summed E-state index contributed by atoms with van der Waals surface area (Å²) < 4.78 is 7.45. The first-order chi connectivity index (χ1) is 13.6. The van der Waals surface area contributed by atoms with Crippen molar-refractivity contribution >= 4 is 17.5 Å². The van der Waals surface area contributed by atoms with Gasteiger partial charge in [0.1, 0.15) is 17.2 Å². The first kappa shape index (κ1) is 18.5. The van der Waals surface area contributed by atoms with Crippen molar-refractivity contribution in [3.8, 4) is 11.3 Å². The summed E-state index contributed by atoms with van der Waals surface area (Å²) in [6.45, 7) is 4.57. The van der Waals surface area contributed by atoms with Gasteiger partial charge in [0.2, 0.25) is 0 Å². The standard InChI is InChI=1S/C21H24N4O3/c1-14-7-6-10-24-19(14)22-18(16-8-4-3-5-9-16)20(24)23-21(27)25-11-17(12-26)28-13-15(25)2/h3-10,15,17,26H,11-13H2,1-2H3,(H,23,27). The second kappa shape index (κ2) is 7.61. The van der Waals surface area contributed by atoms with Gasteiger partial charge >= 0.3 is 6.03 Å². The maximum absolute atomic E-state index is 13.1. The van der Waals surface area contributed by atoms with E-state index in [9.17, 15) is 9.90 Å². The Bertz CT molecular complexity index is 986. The minimum atomic E-state index is -0.361. The number of aliphatic hydroxyl groups excluding tert-OH is 1. The number of aryl methyl sites for hydroxylation is 1. The molecule has 146 valence electrons. The molecule has 3 aromatic rings. The molecule has 4 rings (SSSR count). The highest BCUT2D eigenvalue weighted by Gasteiger charge is 2.30. The van der Waals surface area contributed by atoms with Crippen LogP contribution in [0.2, 0.25) is 0 Å². The Kier molecular flexibility index (Phi) is 5.02. The number of fused-ring (bicyclic) bond motifs is 1. The Balaban J connectivity index is 1.73. The number of benzene rings is 1. The number of ether oxygens (including phenoxy) is 1. The molecule has 1 aliphatic rings. The first-order valence-corrected chi connectivity index (χ1v) is 9.41. The molecule has 0 radical (unpaired) electrons. The fourth-order valence-electron chi connectivity index (χ4n) is 3.50. The lowest BCUT2D eigenvalue weighted by Crippen LogP contribution is -2.53.